The first-order valence-electron chi connectivity index (χ1n) is 2.27. The molecular formula is C6H10Ca2O2. The predicted molar refractivity (Wildman–Crippen MR) is 45.7 cm³/mol. The van der Waals surface area contributed by atoms with Crippen LogP contribution in [0.1, 0.15) is 5.71 Å². The Kier molecular flexibility index (Phi) is 9.75. The van der Waals surface area contributed by atoms with Crippen LogP contribution in [0, 0.1) is 0 Å². The largest absolute Gasteiger partial charge is 2.00 e. The number of phenolic OH excluding ortho intramolecular Hbond substituents is 2. The monoisotopic (exact) mass is 194 g/mol. The van der Waals surface area contributed by atoms with E-state index in [2.05, 4.69) is 0 Å². The van der Waals surface area contributed by atoms with Crippen LogP contribution in [0.5, 0.6) is 11.5 Å². The van der Waals surface area contributed by atoms with Crippen molar-refractivity contribution < 1.29 is 15.9 Å². The van der Waals surface area contributed by atoms with Crippen LogP contribution >= 0.6 is 0 Å². The van der Waals surface area contributed by atoms with Crippen molar-refractivity contribution in [3.8, 4) is 11.5 Å². The molecule has 0 unspecified atom stereocenters. The van der Waals surface area contributed by atoms with E-state index in [0.29, 0.717) is 0 Å². The topological polar surface area (TPSA) is 40.5 Å². The zero-order chi connectivity index (χ0) is 5.98. The van der Waals surface area contributed by atoms with Crippen LogP contribution in [-0.2, 0) is 0 Å². The molecule has 2 N–H and O–H groups in total. The molecule has 10 heavy (non-hydrogen) atoms. The molecule has 0 fully saturated rings. The SMILES string of the molecule is Oc1ccc(O)cc1.[Ca+2].[Ca+2].[H-].[H-].[H-].[H-]. The zero-order valence-electron chi connectivity index (χ0n) is 9.62. The Morgan fingerprint density at radius 3 is 1.20 bits per heavy atom. The Bertz CT molecular complexity index is 165. The fraction of sp³-hybridized carbons (Fsp3) is 0. The first-order chi connectivity index (χ1) is 3.79. The van der Waals surface area contributed by atoms with Crippen LogP contribution in [0.3, 0.4) is 0 Å². The van der Waals surface area contributed by atoms with Crippen LogP contribution in [0.2, 0.25) is 0 Å². The molecule has 0 aliphatic heterocycles. The summed E-state index contributed by atoms with van der Waals surface area (Å²) in [5.41, 5.74) is 0. The van der Waals surface area contributed by atoms with E-state index in [1.165, 1.54) is 24.3 Å². The Labute approximate surface area is 125 Å². The van der Waals surface area contributed by atoms with E-state index >= 15 is 0 Å². The number of rotatable bonds is 0. The fourth-order valence-corrected chi connectivity index (χ4v) is 0.453. The van der Waals surface area contributed by atoms with Crippen molar-refractivity contribution in [1.82, 2.24) is 0 Å². The van der Waals surface area contributed by atoms with Gasteiger partial charge in [-0.05, 0) is 24.3 Å². The van der Waals surface area contributed by atoms with Gasteiger partial charge < -0.3 is 15.9 Å². The van der Waals surface area contributed by atoms with Crippen molar-refractivity contribution in [2.45, 2.75) is 0 Å². The quantitative estimate of drug-likeness (QED) is 0.473. The minimum absolute atomic E-state index is 0. The van der Waals surface area contributed by atoms with Gasteiger partial charge in [-0.3, -0.25) is 0 Å². The van der Waals surface area contributed by atoms with Crippen molar-refractivity contribution in [1.29, 1.82) is 0 Å². The van der Waals surface area contributed by atoms with E-state index in [0.717, 1.165) is 0 Å². The Hall–Kier alpha value is 1.34. The Morgan fingerprint density at radius 1 is 0.800 bits per heavy atom. The molecule has 0 aliphatic carbocycles. The molecule has 1 aromatic carbocycles. The normalized spacial score (nSPS) is 7.20. The summed E-state index contributed by atoms with van der Waals surface area (Å²) in [5, 5.41) is 17.3. The van der Waals surface area contributed by atoms with Crippen molar-refractivity contribution in [2.75, 3.05) is 0 Å². The maximum Gasteiger partial charge on any atom is 2.00 e. The molecule has 1 aromatic rings. The molecule has 0 aliphatic rings. The van der Waals surface area contributed by atoms with Crippen LogP contribution in [-0.4, -0.2) is 85.7 Å². The molecule has 0 saturated carbocycles. The Balaban J connectivity index is -0.0000000267. The molecule has 4 heteroatoms. The van der Waals surface area contributed by atoms with Gasteiger partial charge in [-0.25, -0.2) is 0 Å². The summed E-state index contributed by atoms with van der Waals surface area (Å²) in [5.74, 6) is 0.339. The molecule has 0 bridgehead atoms. The molecule has 0 spiro atoms. The van der Waals surface area contributed by atoms with Gasteiger partial charge in [0.2, 0.25) is 0 Å². The van der Waals surface area contributed by atoms with E-state index in [9.17, 15) is 0 Å². The maximum atomic E-state index is 8.65. The second-order valence-corrected chi connectivity index (χ2v) is 1.52. The van der Waals surface area contributed by atoms with Gasteiger partial charge >= 0.3 is 75.5 Å². The second-order valence-electron chi connectivity index (χ2n) is 1.52. The summed E-state index contributed by atoms with van der Waals surface area (Å²) in [6, 6.07) is 5.70. The van der Waals surface area contributed by atoms with Crippen LogP contribution in [0.4, 0.5) is 0 Å². The summed E-state index contributed by atoms with van der Waals surface area (Å²) in [6.45, 7) is 0. The van der Waals surface area contributed by atoms with E-state index < -0.39 is 0 Å². The van der Waals surface area contributed by atoms with E-state index in [1.807, 2.05) is 0 Å². The Morgan fingerprint density at radius 2 is 1.00 bits per heavy atom. The van der Waals surface area contributed by atoms with Gasteiger partial charge in [-0.15, -0.1) is 0 Å². The molecule has 0 amide bonds. The summed E-state index contributed by atoms with van der Waals surface area (Å²) in [7, 11) is 0. The third-order valence-corrected chi connectivity index (χ3v) is 0.850. The smallest absolute Gasteiger partial charge is 1.00 e. The van der Waals surface area contributed by atoms with Crippen LogP contribution in [0.15, 0.2) is 24.3 Å². The molecule has 0 radical (unpaired) electrons. The molecule has 0 aromatic heterocycles. The van der Waals surface area contributed by atoms with E-state index in [1.54, 1.807) is 0 Å². The van der Waals surface area contributed by atoms with Crippen molar-refractivity contribution >= 4 is 75.5 Å². The predicted octanol–water partition coefficient (Wildman–Crippen LogP) is 0.786. The third-order valence-electron chi connectivity index (χ3n) is 0.850. The van der Waals surface area contributed by atoms with Crippen LogP contribution in [0.25, 0.3) is 0 Å². The summed E-state index contributed by atoms with van der Waals surface area (Å²) in [6.07, 6.45) is 0. The third kappa shape index (κ3) is 5.05. The summed E-state index contributed by atoms with van der Waals surface area (Å²) < 4.78 is 0. The average Bonchev–Trinajstić information content (AvgIpc) is 1.77. The molecule has 50 valence electrons. The van der Waals surface area contributed by atoms with Crippen molar-refractivity contribution in [3.05, 3.63) is 24.3 Å². The van der Waals surface area contributed by atoms with E-state index in [-0.39, 0.29) is 92.7 Å². The molecule has 0 atom stereocenters. The molecular weight excluding hydrogens is 184 g/mol. The zero-order valence-corrected chi connectivity index (χ0v) is 10.0. The minimum Gasteiger partial charge on any atom is -1.00 e. The van der Waals surface area contributed by atoms with Gasteiger partial charge in [0, 0.05) is 0 Å². The maximum absolute atomic E-state index is 8.65. The number of phenols is 2. The second kappa shape index (κ2) is 7.01. The summed E-state index contributed by atoms with van der Waals surface area (Å²) in [4.78, 5) is 0. The number of benzene rings is 1. The van der Waals surface area contributed by atoms with Crippen molar-refractivity contribution in [2.24, 2.45) is 0 Å². The average molecular weight is 194 g/mol. The van der Waals surface area contributed by atoms with Gasteiger partial charge in [0.25, 0.3) is 0 Å². The first-order valence-corrected chi connectivity index (χ1v) is 2.27. The number of hydrogen-bond donors (Lipinski definition) is 2. The molecule has 1 rings (SSSR count). The van der Waals surface area contributed by atoms with Gasteiger partial charge in [0.1, 0.15) is 11.5 Å². The fourth-order valence-electron chi connectivity index (χ4n) is 0.453. The number of aromatic hydroxyl groups is 2. The summed E-state index contributed by atoms with van der Waals surface area (Å²) >= 11 is 0. The van der Waals surface area contributed by atoms with Crippen LogP contribution < -0.4 is 0 Å². The molecule has 0 saturated heterocycles. The minimum atomic E-state index is 0. The van der Waals surface area contributed by atoms with Gasteiger partial charge in [-0.1, -0.05) is 0 Å². The van der Waals surface area contributed by atoms with E-state index in [4.69, 9.17) is 10.2 Å². The van der Waals surface area contributed by atoms with Gasteiger partial charge in [0.15, 0.2) is 0 Å². The van der Waals surface area contributed by atoms with Gasteiger partial charge in [0.05, 0.1) is 0 Å². The number of hydrogen-bond acceptors (Lipinski definition) is 2. The molecule has 2 nitrogen and oxygen atoms in total. The first kappa shape index (κ1) is 13.9. The van der Waals surface area contributed by atoms with Crippen molar-refractivity contribution in [3.63, 3.8) is 0 Å². The molecule has 0 heterocycles. The van der Waals surface area contributed by atoms with Gasteiger partial charge in [-0.2, -0.15) is 0 Å². The standard InChI is InChI=1S/C6H6O2.2Ca.4H/c7-5-1-2-6(8)4-3-5;;;;;;/h1-4,7-8H;;;;;;/q;2*+2;4*-1.